The van der Waals surface area contributed by atoms with E-state index in [0.717, 1.165) is 11.4 Å². The maximum atomic E-state index is 5.82. The summed E-state index contributed by atoms with van der Waals surface area (Å²) in [5, 5.41) is 4.48. The zero-order valence-electron chi connectivity index (χ0n) is 12.3. The maximum absolute atomic E-state index is 5.82. The van der Waals surface area contributed by atoms with Crippen molar-refractivity contribution in [3.05, 3.63) is 51.8 Å². The fraction of sp³-hybridized carbons (Fsp3) is 0.400. The number of hydrazine groups is 1. The Morgan fingerprint density at radius 3 is 2.42 bits per heavy atom. The Hall–Kier alpha value is -1.65. The van der Waals surface area contributed by atoms with E-state index in [0.29, 0.717) is 0 Å². The van der Waals surface area contributed by atoms with Gasteiger partial charge in [-0.2, -0.15) is 5.10 Å². The van der Waals surface area contributed by atoms with E-state index in [2.05, 4.69) is 49.5 Å². The predicted octanol–water partition coefficient (Wildman–Crippen LogP) is 2.21. The van der Waals surface area contributed by atoms with Crippen molar-refractivity contribution in [1.29, 1.82) is 0 Å². The van der Waals surface area contributed by atoms with Crippen molar-refractivity contribution in [3.8, 4) is 0 Å². The van der Waals surface area contributed by atoms with E-state index < -0.39 is 0 Å². The van der Waals surface area contributed by atoms with Gasteiger partial charge in [0.25, 0.3) is 0 Å². The molecule has 4 nitrogen and oxygen atoms in total. The van der Waals surface area contributed by atoms with E-state index >= 15 is 0 Å². The number of hydrogen-bond donors (Lipinski definition) is 2. The van der Waals surface area contributed by atoms with E-state index in [1.165, 1.54) is 22.3 Å². The summed E-state index contributed by atoms with van der Waals surface area (Å²) in [6.45, 7) is 8.31. The largest absolute Gasteiger partial charge is 0.272 e. The Balaban J connectivity index is 2.59. The normalized spacial score (nSPS) is 12.7. The average molecular weight is 258 g/mol. The summed E-state index contributed by atoms with van der Waals surface area (Å²) in [6.07, 6.45) is 0. The van der Waals surface area contributed by atoms with Crippen LogP contribution >= 0.6 is 0 Å². The molecule has 1 atom stereocenters. The molecule has 2 rings (SSSR count). The van der Waals surface area contributed by atoms with Gasteiger partial charge in [0.2, 0.25) is 0 Å². The molecule has 0 aliphatic heterocycles. The molecule has 0 fully saturated rings. The second kappa shape index (κ2) is 5.15. The monoisotopic (exact) mass is 258 g/mol. The highest BCUT2D eigenvalue weighted by Crippen LogP contribution is 2.29. The Morgan fingerprint density at radius 2 is 1.89 bits per heavy atom. The Morgan fingerprint density at radius 1 is 1.21 bits per heavy atom. The SMILES string of the molecule is Cc1ccc(C)c(C(NN)c2c(C)nn(C)c2C)c1. The van der Waals surface area contributed by atoms with E-state index in [4.69, 9.17) is 5.84 Å². The van der Waals surface area contributed by atoms with Gasteiger partial charge in [0, 0.05) is 18.3 Å². The number of aromatic nitrogens is 2. The standard InChI is InChI=1S/C15H22N4/c1-9-6-7-10(2)13(8-9)15(17-16)14-11(3)18-19(5)12(14)4/h6-8,15,17H,16H2,1-5H3. The zero-order chi connectivity index (χ0) is 14.2. The third-order valence-electron chi connectivity index (χ3n) is 3.77. The third-order valence-corrected chi connectivity index (χ3v) is 3.77. The molecule has 1 aromatic heterocycles. The molecule has 0 saturated heterocycles. The minimum Gasteiger partial charge on any atom is -0.272 e. The quantitative estimate of drug-likeness (QED) is 0.655. The Kier molecular flexibility index (Phi) is 3.73. The molecule has 102 valence electrons. The summed E-state index contributed by atoms with van der Waals surface area (Å²) >= 11 is 0. The first-order chi connectivity index (χ1) is 8.95. The highest BCUT2D eigenvalue weighted by atomic mass is 15.3. The first-order valence-corrected chi connectivity index (χ1v) is 6.49. The topological polar surface area (TPSA) is 55.9 Å². The fourth-order valence-corrected chi connectivity index (χ4v) is 2.61. The van der Waals surface area contributed by atoms with Gasteiger partial charge in [-0.1, -0.05) is 23.8 Å². The van der Waals surface area contributed by atoms with E-state index in [1.807, 2.05) is 18.7 Å². The van der Waals surface area contributed by atoms with Gasteiger partial charge in [0.05, 0.1) is 11.7 Å². The van der Waals surface area contributed by atoms with Crippen LogP contribution in [0.3, 0.4) is 0 Å². The minimum absolute atomic E-state index is 0.0198. The summed E-state index contributed by atoms with van der Waals surface area (Å²) in [6, 6.07) is 6.42. The zero-order valence-corrected chi connectivity index (χ0v) is 12.3. The molecule has 1 aromatic carbocycles. The number of nitrogens with zero attached hydrogens (tertiary/aromatic N) is 2. The molecule has 0 amide bonds. The second-order valence-electron chi connectivity index (χ2n) is 5.17. The molecule has 1 unspecified atom stereocenters. The number of benzene rings is 1. The third kappa shape index (κ3) is 2.41. The van der Waals surface area contributed by atoms with Gasteiger partial charge in [-0.25, -0.2) is 5.43 Å². The highest BCUT2D eigenvalue weighted by molar-refractivity contribution is 5.42. The van der Waals surface area contributed by atoms with Gasteiger partial charge in [-0.3, -0.25) is 10.5 Å². The lowest BCUT2D eigenvalue weighted by atomic mass is 9.93. The molecule has 19 heavy (non-hydrogen) atoms. The van der Waals surface area contributed by atoms with Crippen LogP contribution in [-0.4, -0.2) is 9.78 Å². The molecule has 4 heteroatoms. The Bertz CT molecular complexity index is 598. The molecule has 2 aromatic rings. The first kappa shape index (κ1) is 13.8. The second-order valence-corrected chi connectivity index (χ2v) is 5.17. The van der Waals surface area contributed by atoms with Crippen LogP contribution in [0.2, 0.25) is 0 Å². The van der Waals surface area contributed by atoms with Crippen molar-refractivity contribution in [2.24, 2.45) is 12.9 Å². The fourth-order valence-electron chi connectivity index (χ4n) is 2.61. The van der Waals surface area contributed by atoms with Crippen LogP contribution < -0.4 is 11.3 Å². The molecule has 0 aliphatic carbocycles. The lowest BCUT2D eigenvalue weighted by molar-refractivity contribution is 0.625. The van der Waals surface area contributed by atoms with Crippen LogP contribution in [-0.2, 0) is 7.05 Å². The summed E-state index contributed by atoms with van der Waals surface area (Å²) in [7, 11) is 1.96. The number of nitrogens with one attached hydrogen (secondary N) is 1. The molecular formula is C15H22N4. The lowest BCUT2D eigenvalue weighted by Crippen LogP contribution is -2.30. The summed E-state index contributed by atoms with van der Waals surface area (Å²) in [5.41, 5.74) is 9.95. The lowest BCUT2D eigenvalue weighted by Gasteiger charge is -2.20. The molecule has 0 saturated carbocycles. The smallest absolute Gasteiger partial charge is 0.0748 e. The highest BCUT2D eigenvalue weighted by Gasteiger charge is 2.22. The van der Waals surface area contributed by atoms with Gasteiger partial charge in [0.15, 0.2) is 0 Å². The summed E-state index contributed by atoms with van der Waals surface area (Å²) in [5.74, 6) is 5.82. The van der Waals surface area contributed by atoms with Crippen LogP contribution in [0, 0.1) is 27.7 Å². The van der Waals surface area contributed by atoms with Crippen LogP contribution in [0.15, 0.2) is 18.2 Å². The number of nitrogens with two attached hydrogens (primary N) is 1. The van der Waals surface area contributed by atoms with Crippen molar-refractivity contribution in [2.45, 2.75) is 33.7 Å². The van der Waals surface area contributed by atoms with Crippen molar-refractivity contribution >= 4 is 0 Å². The summed E-state index contributed by atoms with van der Waals surface area (Å²) in [4.78, 5) is 0. The first-order valence-electron chi connectivity index (χ1n) is 6.49. The number of aryl methyl sites for hydroxylation is 4. The average Bonchev–Trinajstić information content (AvgIpc) is 2.61. The van der Waals surface area contributed by atoms with Crippen molar-refractivity contribution < 1.29 is 0 Å². The van der Waals surface area contributed by atoms with Gasteiger partial charge in [-0.15, -0.1) is 0 Å². The van der Waals surface area contributed by atoms with Crippen LogP contribution in [0.4, 0.5) is 0 Å². The predicted molar refractivity (Wildman–Crippen MR) is 77.8 cm³/mol. The molecule has 0 bridgehead atoms. The number of rotatable bonds is 3. The molecule has 1 heterocycles. The molecule has 0 radical (unpaired) electrons. The minimum atomic E-state index is -0.0198. The van der Waals surface area contributed by atoms with Gasteiger partial charge in [-0.05, 0) is 38.8 Å². The van der Waals surface area contributed by atoms with Crippen molar-refractivity contribution in [2.75, 3.05) is 0 Å². The maximum Gasteiger partial charge on any atom is 0.0748 e. The van der Waals surface area contributed by atoms with E-state index in [1.54, 1.807) is 0 Å². The molecule has 0 aliphatic rings. The van der Waals surface area contributed by atoms with E-state index in [9.17, 15) is 0 Å². The van der Waals surface area contributed by atoms with Crippen LogP contribution in [0.25, 0.3) is 0 Å². The number of hydrogen-bond acceptors (Lipinski definition) is 3. The van der Waals surface area contributed by atoms with Crippen LogP contribution in [0.5, 0.6) is 0 Å². The van der Waals surface area contributed by atoms with E-state index in [-0.39, 0.29) is 6.04 Å². The summed E-state index contributed by atoms with van der Waals surface area (Å²) < 4.78 is 1.90. The van der Waals surface area contributed by atoms with Gasteiger partial charge >= 0.3 is 0 Å². The van der Waals surface area contributed by atoms with Gasteiger partial charge in [0.1, 0.15) is 0 Å². The molecule has 3 N–H and O–H groups in total. The molecular weight excluding hydrogens is 236 g/mol. The van der Waals surface area contributed by atoms with Gasteiger partial charge < -0.3 is 0 Å². The van der Waals surface area contributed by atoms with Crippen LogP contribution in [0.1, 0.15) is 39.7 Å². The Labute approximate surface area is 114 Å². The van der Waals surface area contributed by atoms with Crippen molar-refractivity contribution in [1.82, 2.24) is 15.2 Å². The molecule has 0 spiro atoms. The van der Waals surface area contributed by atoms with Crippen molar-refractivity contribution in [3.63, 3.8) is 0 Å².